The average molecular weight is 350 g/mol. The van der Waals surface area contributed by atoms with Gasteiger partial charge in [-0.2, -0.15) is 5.10 Å². The molecule has 2 aromatic rings. The molecule has 10 nitrogen and oxygen atoms in total. The van der Waals surface area contributed by atoms with E-state index in [1.165, 1.54) is 13.3 Å². The van der Waals surface area contributed by atoms with Crippen LogP contribution in [0.5, 0.6) is 0 Å². The first-order chi connectivity index (χ1) is 11.9. The van der Waals surface area contributed by atoms with Gasteiger partial charge in [-0.05, 0) is 19.1 Å². The maximum atomic E-state index is 10.4. The van der Waals surface area contributed by atoms with E-state index >= 15 is 0 Å². The van der Waals surface area contributed by atoms with Crippen LogP contribution >= 0.6 is 0 Å². The molecule has 0 aromatic carbocycles. The summed E-state index contributed by atoms with van der Waals surface area (Å²) in [6, 6.07) is 3.56. The summed E-state index contributed by atoms with van der Waals surface area (Å²) < 4.78 is 7.16. The van der Waals surface area contributed by atoms with E-state index in [2.05, 4.69) is 20.4 Å². The highest BCUT2D eigenvalue weighted by Gasteiger charge is 2.53. The van der Waals surface area contributed by atoms with Gasteiger partial charge in [-0.15, -0.1) is 0 Å². The fourth-order valence-electron chi connectivity index (χ4n) is 2.89. The number of aliphatic hydroxyl groups excluding tert-OH is 2. The van der Waals surface area contributed by atoms with Crippen LogP contribution in [0, 0.1) is 0 Å². The molecule has 6 N–H and O–H groups in total. The monoisotopic (exact) mass is 350 g/mol. The largest absolute Gasteiger partial charge is 0.394 e. The van der Waals surface area contributed by atoms with Gasteiger partial charge in [0.05, 0.1) is 36.8 Å². The molecular formula is C15H22N6O4. The lowest BCUT2D eigenvalue weighted by Crippen LogP contribution is -2.43. The number of aliphatic imine (C=N–C) groups is 1. The number of hydrogen-bond acceptors (Lipinski definition) is 9. The number of ether oxygens (including phenoxy) is 1. The van der Waals surface area contributed by atoms with Crippen molar-refractivity contribution in [3.8, 4) is 0 Å². The Hall–Kier alpha value is -1.95. The zero-order valence-corrected chi connectivity index (χ0v) is 13.7. The molecule has 4 rings (SSSR count). The molecular weight excluding hydrogens is 328 g/mol. The number of nitrogens with one attached hydrogen (secondary N) is 1. The molecule has 2 aliphatic rings. The number of fused-ring (bicyclic) bond motifs is 1. The third-order valence-electron chi connectivity index (χ3n) is 4.28. The van der Waals surface area contributed by atoms with Gasteiger partial charge in [0, 0.05) is 6.21 Å². The van der Waals surface area contributed by atoms with Crippen molar-refractivity contribution in [1.29, 1.82) is 0 Å². The number of hydrogen-bond donors (Lipinski definition) is 5. The Morgan fingerprint density at radius 1 is 1.48 bits per heavy atom. The Labute approximate surface area is 144 Å². The van der Waals surface area contributed by atoms with Crippen LogP contribution < -0.4 is 11.1 Å². The van der Waals surface area contributed by atoms with Gasteiger partial charge in [0.2, 0.25) is 0 Å². The van der Waals surface area contributed by atoms with Crippen LogP contribution in [0.2, 0.25) is 0 Å². The first-order valence-corrected chi connectivity index (χ1v) is 7.88. The van der Waals surface area contributed by atoms with Gasteiger partial charge in [0.25, 0.3) is 0 Å². The molecule has 0 amide bonds. The minimum absolute atomic E-state index is 0.00463. The van der Waals surface area contributed by atoms with Crippen LogP contribution in [0.1, 0.15) is 18.7 Å². The molecule has 0 radical (unpaired) electrons. The van der Waals surface area contributed by atoms with Crippen molar-refractivity contribution in [2.24, 2.45) is 10.7 Å². The fraction of sp³-hybridized carbons (Fsp3) is 0.533. The lowest BCUT2D eigenvalue weighted by Gasteiger charge is -2.26. The van der Waals surface area contributed by atoms with E-state index in [4.69, 9.17) is 15.6 Å². The molecule has 0 spiro atoms. The number of aromatic nitrogens is 3. The van der Waals surface area contributed by atoms with Crippen molar-refractivity contribution < 1.29 is 20.1 Å². The molecule has 4 heterocycles. The first-order valence-electron chi connectivity index (χ1n) is 7.88. The smallest absolute Gasteiger partial charge is 0.136 e. The first kappa shape index (κ1) is 17.9. The zero-order valence-electron chi connectivity index (χ0n) is 13.7. The van der Waals surface area contributed by atoms with E-state index in [1.54, 1.807) is 29.1 Å². The molecule has 1 saturated heterocycles. The van der Waals surface area contributed by atoms with Crippen LogP contribution in [0.3, 0.4) is 0 Å². The molecule has 10 heteroatoms. The molecule has 0 bridgehead atoms. The van der Waals surface area contributed by atoms with Crippen molar-refractivity contribution in [2.75, 3.05) is 13.3 Å². The van der Waals surface area contributed by atoms with Gasteiger partial charge in [-0.3, -0.25) is 10.3 Å². The van der Waals surface area contributed by atoms with Gasteiger partial charge in [-0.25, -0.2) is 9.50 Å². The van der Waals surface area contributed by atoms with E-state index in [0.29, 0.717) is 12.4 Å². The van der Waals surface area contributed by atoms with Crippen LogP contribution in [-0.4, -0.2) is 73.4 Å². The molecule has 1 fully saturated rings. The second kappa shape index (κ2) is 7.12. The van der Waals surface area contributed by atoms with E-state index < -0.39 is 23.9 Å². The third kappa shape index (κ3) is 3.40. The number of nitrogens with zero attached hydrogens (tertiary/aromatic N) is 4. The number of nitrogens with two attached hydrogens (primary N) is 1. The zero-order chi connectivity index (χ0) is 18.0. The second-order valence-corrected chi connectivity index (χ2v) is 6.13. The number of rotatable bonds is 2. The minimum atomic E-state index is -1.49. The summed E-state index contributed by atoms with van der Waals surface area (Å²) in [5, 5.41) is 36.5. The molecule has 5 atom stereocenters. The Balaban J connectivity index is 0.000000258. The predicted octanol–water partition coefficient (Wildman–Crippen LogP) is -1.82. The fourth-order valence-corrected chi connectivity index (χ4v) is 2.89. The lowest BCUT2D eigenvalue weighted by molar-refractivity contribution is -0.0664. The van der Waals surface area contributed by atoms with Crippen molar-refractivity contribution in [1.82, 2.24) is 19.9 Å². The molecule has 1 unspecified atom stereocenters. The topological polar surface area (TPSA) is 151 Å². The normalized spacial score (nSPS) is 34.3. The van der Waals surface area contributed by atoms with Crippen molar-refractivity contribution in [3.05, 3.63) is 30.4 Å². The maximum absolute atomic E-state index is 10.4. The highest BCUT2D eigenvalue weighted by Crippen LogP contribution is 2.41. The summed E-state index contributed by atoms with van der Waals surface area (Å²) in [5.74, 6) is 0. The van der Waals surface area contributed by atoms with E-state index in [-0.39, 0.29) is 12.8 Å². The highest BCUT2D eigenvalue weighted by atomic mass is 16.6. The molecule has 0 saturated carbocycles. The highest BCUT2D eigenvalue weighted by molar-refractivity contribution is 5.65. The molecule has 136 valence electrons. The van der Waals surface area contributed by atoms with Gasteiger partial charge < -0.3 is 25.8 Å². The van der Waals surface area contributed by atoms with Crippen LogP contribution in [0.15, 0.2) is 29.6 Å². The molecule has 25 heavy (non-hydrogen) atoms. The van der Waals surface area contributed by atoms with E-state index in [9.17, 15) is 10.2 Å². The quantitative estimate of drug-likeness (QED) is 0.425. The average Bonchev–Trinajstić information content (AvgIpc) is 3.29. The van der Waals surface area contributed by atoms with E-state index in [1.807, 2.05) is 0 Å². The number of aliphatic hydroxyl groups is 3. The van der Waals surface area contributed by atoms with Crippen LogP contribution in [0.4, 0.5) is 0 Å². The van der Waals surface area contributed by atoms with Crippen molar-refractivity contribution in [3.63, 3.8) is 0 Å². The molecule has 0 aliphatic carbocycles. The van der Waals surface area contributed by atoms with Crippen molar-refractivity contribution >= 4 is 11.7 Å². The Morgan fingerprint density at radius 2 is 2.28 bits per heavy atom. The van der Waals surface area contributed by atoms with Crippen molar-refractivity contribution in [2.45, 2.75) is 37.0 Å². The standard InChI is InChI=1S/C12H15N3O4.C3H7N3/c1-12(18)10(17)9(5-16)19-11(12)8-3-2-7-4-13-6-14-15(7)8;4-3-1-5-2-6-3/h2-4,6,9-11,16-18H,5H2,1H3;1,3,6H,2,4H2/t9-,10-,11+,12-;/m1./s1. The van der Waals surface area contributed by atoms with Gasteiger partial charge in [0.15, 0.2) is 0 Å². The minimum Gasteiger partial charge on any atom is -0.394 e. The SMILES string of the molecule is C[C@@]1(O)[C@H](O)[C@@H](CO)O[C@H]1c1ccc2cncnn12.NC1C=NCN1. The summed E-state index contributed by atoms with van der Waals surface area (Å²) in [6.45, 7) is 1.81. The van der Waals surface area contributed by atoms with Gasteiger partial charge in [-0.1, -0.05) is 0 Å². The Morgan fingerprint density at radius 3 is 2.84 bits per heavy atom. The summed E-state index contributed by atoms with van der Waals surface area (Å²) in [7, 11) is 0. The Kier molecular flexibility index (Phi) is 5.08. The predicted molar refractivity (Wildman–Crippen MR) is 88.8 cm³/mol. The van der Waals surface area contributed by atoms with Gasteiger partial charge >= 0.3 is 0 Å². The van der Waals surface area contributed by atoms with E-state index in [0.717, 1.165) is 5.52 Å². The summed E-state index contributed by atoms with van der Waals surface area (Å²) in [5.41, 5.74) is 5.15. The molecule has 2 aromatic heterocycles. The molecule has 2 aliphatic heterocycles. The third-order valence-corrected chi connectivity index (χ3v) is 4.28. The van der Waals surface area contributed by atoms with Gasteiger partial charge in [0.1, 0.15) is 30.2 Å². The Bertz CT molecular complexity index is 748. The second-order valence-electron chi connectivity index (χ2n) is 6.13. The summed E-state index contributed by atoms with van der Waals surface area (Å²) in [4.78, 5) is 7.71. The van der Waals surface area contributed by atoms with Crippen LogP contribution in [-0.2, 0) is 4.74 Å². The van der Waals surface area contributed by atoms with Crippen LogP contribution in [0.25, 0.3) is 5.52 Å². The lowest BCUT2D eigenvalue weighted by atomic mass is 9.91. The summed E-state index contributed by atoms with van der Waals surface area (Å²) >= 11 is 0. The summed E-state index contributed by atoms with van der Waals surface area (Å²) in [6.07, 6.45) is 1.99. The maximum Gasteiger partial charge on any atom is 0.136 e.